The first-order chi connectivity index (χ1) is 16.4. The number of nitrogens with one attached hydrogen (secondary N) is 1. The minimum Gasteiger partial charge on any atom is -0.480 e. The average molecular weight is 492 g/mol. The first kappa shape index (κ1) is 26.9. The molecular formula is C29H49NO5. The van der Waals surface area contributed by atoms with Crippen LogP contribution in [-0.2, 0) is 9.59 Å². The van der Waals surface area contributed by atoms with Crippen LogP contribution in [0.15, 0.2) is 0 Å². The van der Waals surface area contributed by atoms with E-state index in [0.717, 1.165) is 51.4 Å². The molecule has 0 spiro atoms. The maximum absolute atomic E-state index is 12.5. The molecular weight excluding hydrogens is 442 g/mol. The topological polar surface area (TPSA) is 107 Å². The van der Waals surface area contributed by atoms with Gasteiger partial charge in [0.25, 0.3) is 0 Å². The smallest absolute Gasteiger partial charge is 0.326 e. The number of hydrogen-bond acceptors (Lipinski definition) is 4. The number of carbonyl (C=O) groups is 2. The summed E-state index contributed by atoms with van der Waals surface area (Å²) in [6.07, 6.45) is 9.00. The van der Waals surface area contributed by atoms with E-state index >= 15 is 0 Å². The van der Waals surface area contributed by atoms with Gasteiger partial charge in [-0.2, -0.15) is 0 Å². The highest BCUT2D eigenvalue weighted by Gasteiger charge is 2.62. The number of aliphatic carboxylic acids is 1. The molecule has 0 aromatic carbocycles. The van der Waals surface area contributed by atoms with Crippen molar-refractivity contribution in [3.63, 3.8) is 0 Å². The summed E-state index contributed by atoms with van der Waals surface area (Å²) in [6, 6.07) is -0.833. The van der Waals surface area contributed by atoms with Gasteiger partial charge in [-0.15, -0.1) is 0 Å². The Morgan fingerprint density at radius 1 is 0.943 bits per heavy atom. The predicted octanol–water partition coefficient (Wildman–Crippen LogP) is 4.62. The van der Waals surface area contributed by atoms with Crippen LogP contribution in [0.2, 0.25) is 0 Å². The van der Waals surface area contributed by atoms with Gasteiger partial charge >= 0.3 is 5.97 Å². The van der Waals surface area contributed by atoms with E-state index in [1.54, 1.807) is 0 Å². The minimum atomic E-state index is -0.973. The van der Waals surface area contributed by atoms with Crippen LogP contribution in [0.5, 0.6) is 0 Å². The molecule has 0 aromatic rings. The lowest BCUT2D eigenvalue weighted by Crippen LogP contribution is -2.58. The van der Waals surface area contributed by atoms with Gasteiger partial charge in [-0.25, -0.2) is 4.79 Å². The summed E-state index contributed by atoms with van der Waals surface area (Å²) >= 11 is 0. The molecule has 0 radical (unpaired) electrons. The van der Waals surface area contributed by atoms with E-state index in [9.17, 15) is 24.9 Å². The van der Waals surface area contributed by atoms with Crippen molar-refractivity contribution in [1.29, 1.82) is 0 Å². The molecule has 4 saturated carbocycles. The van der Waals surface area contributed by atoms with Gasteiger partial charge in [0.15, 0.2) is 0 Å². The maximum Gasteiger partial charge on any atom is 0.326 e. The van der Waals surface area contributed by atoms with E-state index in [-0.39, 0.29) is 34.9 Å². The van der Waals surface area contributed by atoms with E-state index in [2.05, 4.69) is 26.1 Å². The third-order valence-electron chi connectivity index (χ3n) is 11.5. The van der Waals surface area contributed by atoms with Gasteiger partial charge in [-0.1, -0.05) is 34.6 Å². The van der Waals surface area contributed by atoms with E-state index in [1.807, 2.05) is 13.8 Å². The summed E-state index contributed by atoms with van der Waals surface area (Å²) in [5, 5.41) is 33.8. The van der Waals surface area contributed by atoms with Crippen LogP contribution in [0.4, 0.5) is 0 Å². The predicted molar refractivity (Wildman–Crippen MR) is 135 cm³/mol. The number of fused-ring (bicyclic) bond motifs is 5. The van der Waals surface area contributed by atoms with Crippen molar-refractivity contribution >= 4 is 11.9 Å². The molecule has 11 atom stereocenters. The Kier molecular flexibility index (Phi) is 7.66. The number of amides is 1. The Morgan fingerprint density at radius 2 is 1.60 bits per heavy atom. The highest BCUT2D eigenvalue weighted by molar-refractivity contribution is 5.83. The molecule has 4 aliphatic rings. The van der Waals surface area contributed by atoms with Crippen LogP contribution in [-0.4, -0.2) is 45.4 Å². The summed E-state index contributed by atoms with van der Waals surface area (Å²) in [6.45, 7) is 10.8. The lowest BCUT2D eigenvalue weighted by Gasteiger charge is -2.62. The molecule has 0 heterocycles. The lowest BCUT2D eigenvalue weighted by molar-refractivity contribution is -0.174. The van der Waals surface area contributed by atoms with Gasteiger partial charge < -0.3 is 20.6 Å². The van der Waals surface area contributed by atoms with Gasteiger partial charge in [-0.05, 0) is 110 Å². The zero-order chi connectivity index (χ0) is 25.7. The molecule has 6 heteroatoms. The molecule has 4 fully saturated rings. The van der Waals surface area contributed by atoms with Crippen molar-refractivity contribution in [2.24, 2.45) is 52.3 Å². The van der Waals surface area contributed by atoms with Crippen molar-refractivity contribution in [3.05, 3.63) is 0 Å². The third kappa shape index (κ3) is 4.79. The summed E-state index contributed by atoms with van der Waals surface area (Å²) in [5.41, 5.74) is 0.431. The molecule has 0 bridgehead atoms. The number of aliphatic hydroxyl groups is 2. The number of rotatable bonds is 7. The largest absolute Gasteiger partial charge is 0.480 e. The lowest BCUT2D eigenvalue weighted by atomic mass is 9.43. The van der Waals surface area contributed by atoms with E-state index < -0.39 is 12.0 Å². The van der Waals surface area contributed by atoms with Crippen molar-refractivity contribution in [3.8, 4) is 0 Å². The molecule has 0 aliphatic heterocycles. The summed E-state index contributed by atoms with van der Waals surface area (Å²) < 4.78 is 0. The van der Waals surface area contributed by atoms with E-state index in [1.165, 1.54) is 6.42 Å². The molecule has 35 heavy (non-hydrogen) atoms. The average Bonchev–Trinajstić information content (AvgIpc) is 3.13. The van der Waals surface area contributed by atoms with Crippen molar-refractivity contribution in [2.45, 2.75) is 117 Å². The second kappa shape index (κ2) is 9.96. The fraction of sp³-hybridized carbons (Fsp3) is 0.931. The second-order valence-corrected chi connectivity index (χ2v) is 13.6. The quantitative estimate of drug-likeness (QED) is 0.416. The molecule has 200 valence electrons. The summed E-state index contributed by atoms with van der Waals surface area (Å²) in [4.78, 5) is 24.0. The normalized spacial score (nSPS) is 44.6. The standard InChI is InChI=1S/C29H49NO5/c1-16(2)26(27(34)35)30-24(33)9-6-17(3)20-7-8-21-25-22(11-13-29(20,21)5)28(4)12-10-19(31)14-18(28)15-23(25)32/h16-23,25-26,31-32H,6-15H2,1-5H3,(H,30,33)(H,34,35)/t17-,18+,19-,20-,21+,22+,23+,25+,26+,28+,29-/m1/s1. The van der Waals surface area contributed by atoms with Crippen molar-refractivity contribution in [1.82, 2.24) is 5.32 Å². The van der Waals surface area contributed by atoms with Gasteiger partial charge in [0.05, 0.1) is 12.2 Å². The number of carboxylic acid groups (broad SMARTS) is 1. The highest BCUT2D eigenvalue weighted by atomic mass is 16.4. The van der Waals surface area contributed by atoms with E-state index in [0.29, 0.717) is 41.9 Å². The summed E-state index contributed by atoms with van der Waals surface area (Å²) in [5.74, 6) is 1.51. The molecule has 4 rings (SSSR count). The molecule has 0 saturated heterocycles. The third-order valence-corrected chi connectivity index (χ3v) is 11.5. The van der Waals surface area contributed by atoms with Crippen LogP contribution >= 0.6 is 0 Å². The molecule has 1 amide bonds. The van der Waals surface area contributed by atoms with Gasteiger partial charge in [0, 0.05) is 6.42 Å². The SMILES string of the molecule is CC(C)[C@H](NC(=O)CC[C@@H](C)[C@H]1CC[C@H]2[C@@H]3[C@@H](O)C[C@@H]4C[C@H](O)CC[C@]4(C)[C@H]3CC[C@]12C)C(=O)O. The van der Waals surface area contributed by atoms with Crippen LogP contribution in [0.25, 0.3) is 0 Å². The van der Waals surface area contributed by atoms with Crippen molar-refractivity contribution < 1.29 is 24.9 Å². The number of carboxylic acids is 1. The first-order valence-electron chi connectivity index (χ1n) is 14.3. The van der Waals surface area contributed by atoms with E-state index in [4.69, 9.17) is 0 Å². The van der Waals surface area contributed by atoms with Crippen LogP contribution < -0.4 is 5.32 Å². The molecule has 0 unspecified atom stereocenters. The number of hydrogen-bond donors (Lipinski definition) is 4. The van der Waals surface area contributed by atoms with Crippen molar-refractivity contribution in [2.75, 3.05) is 0 Å². The number of aliphatic hydroxyl groups excluding tert-OH is 2. The highest BCUT2D eigenvalue weighted by Crippen LogP contribution is 2.68. The molecule has 0 aromatic heterocycles. The Labute approximate surface area is 211 Å². The molecule has 6 nitrogen and oxygen atoms in total. The van der Waals surface area contributed by atoms with Crippen LogP contribution in [0, 0.1) is 52.3 Å². The summed E-state index contributed by atoms with van der Waals surface area (Å²) in [7, 11) is 0. The number of carbonyl (C=O) groups excluding carboxylic acids is 1. The Hall–Kier alpha value is -1.14. The van der Waals surface area contributed by atoms with Gasteiger partial charge in [0.1, 0.15) is 6.04 Å². The van der Waals surface area contributed by atoms with Crippen LogP contribution in [0.1, 0.15) is 98.8 Å². The fourth-order valence-electron chi connectivity index (χ4n) is 9.49. The second-order valence-electron chi connectivity index (χ2n) is 13.6. The monoisotopic (exact) mass is 491 g/mol. The molecule has 4 N–H and O–H groups in total. The Balaban J connectivity index is 1.41. The van der Waals surface area contributed by atoms with Gasteiger partial charge in [-0.3, -0.25) is 4.79 Å². The Morgan fingerprint density at radius 3 is 2.26 bits per heavy atom. The first-order valence-corrected chi connectivity index (χ1v) is 14.3. The Bertz CT molecular complexity index is 800. The maximum atomic E-state index is 12.5. The molecule has 4 aliphatic carbocycles. The zero-order valence-corrected chi connectivity index (χ0v) is 22.5. The minimum absolute atomic E-state index is 0.144. The van der Waals surface area contributed by atoms with Crippen LogP contribution in [0.3, 0.4) is 0 Å². The zero-order valence-electron chi connectivity index (χ0n) is 22.5. The fourth-order valence-corrected chi connectivity index (χ4v) is 9.49. The van der Waals surface area contributed by atoms with Gasteiger partial charge in [0.2, 0.25) is 5.91 Å².